The Hall–Kier alpha value is -2.32. The zero-order valence-corrected chi connectivity index (χ0v) is 19.3. The number of rotatable bonds is 9. The van der Waals surface area contributed by atoms with Gasteiger partial charge in [-0.15, -0.1) is 11.3 Å². The predicted molar refractivity (Wildman–Crippen MR) is 126 cm³/mol. The van der Waals surface area contributed by atoms with E-state index in [9.17, 15) is 0 Å². The predicted octanol–water partition coefficient (Wildman–Crippen LogP) is 3.11. The summed E-state index contributed by atoms with van der Waals surface area (Å²) in [5, 5.41) is 10.00. The van der Waals surface area contributed by atoms with Crippen LogP contribution in [-0.4, -0.2) is 63.2 Å². The Morgan fingerprint density at radius 1 is 1.30 bits per heavy atom. The van der Waals surface area contributed by atoms with Gasteiger partial charge in [0.1, 0.15) is 5.75 Å². The van der Waals surface area contributed by atoms with Crippen molar-refractivity contribution in [2.75, 3.05) is 52.3 Å². The molecule has 0 amide bonds. The first-order chi connectivity index (χ1) is 14.6. The molecule has 1 aliphatic rings. The average Bonchev–Trinajstić information content (AvgIpc) is 3.45. The third kappa shape index (κ3) is 6.09. The fourth-order valence-electron chi connectivity index (χ4n) is 3.63. The molecule has 164 valence electrons. The van der Waals surface area contributed by atoms with Gasteiger partial charge in [0.15, 0.2) is 11.1 Å². The van der Waals surface area contributed by atoms with E-state index in [0.29, 0.717) is 6.54 Å². The van der Waals surface area contributed by atoms with Gasteiger partial charge < -0.3 is 20.3 Å². The second-order valence-corrected chi connectivity index (χ2v) is 8.46. The smallest absolute Gasteiger partial charge is 0.191 e. The summed E-state index contributed by atoms with van der Waals surface area (Å²) in [6.07, 6.45) is 2.51. The van der Waals surface area contributed by atoms with E-state index in [-0.39, 0.29) is 6.04 Å². The van der Waals surface area contributed by atoms with Crippen LogP contribution in [0, 0.1) is 0 Å². The number of likely N-dealkylation sites (tertiary alicyclic amines) is 1. The normalized spacial score (nSPS) is 15.8. The second kappa shape index (κ2) is 11.2. The first-order valence-corrected chi connectivity index (χ1v) is 11.5. The Labute approximate surface area is 184 Å². The van der Waals surface area contributed by atoms with Crippen LogP contribution in [0.1, 0.15) is 37.1 Å². The van der Waals surface area contributed by atoms with Gasteiger partial charge in [0.2, 0.25) is 0 Å². The van der Waals surface area contributed by atoms with Crippen molar-refractivity contribution in [1.29, 1.82) is 0 Å². The lowest BCUT2D eigenvalue weighted by Crippen LogP contribution is -2.42. The van der Waals surface area contributed by atoms with Crippen LogP contribution >= 0.6 is 11.3 Å². The van der Waals surface area contributed by atoms with Crippen LogP contribution in [0.5, 0.6) is 5.75 Å². The quantitative estimate of drug-likeness (QED) is 0.471. The van der Waals surface area contributed by atoms with Crippen molar-refractivity contribution in [3.63, 3.8) is 0 Å². The van der Waals surface area contributed by atoms with Crippen molar-refractivity contribution in [1.82, 2.24) is 20.5 Å². The highest BCUT2D eigenvalue weighted by Crippen LogP contribution is 2.27. The molecule has 1 saturated heterocycles. The molecule has 2 N–H and O–H groups in total. The van der Waals surface area contributed by atoms with Crippen molar-refractivity contribution < 1.29 is 4.74 Å². The molecule has 2 heterocycles. The lowest BCUT2D eigenvalue weighted by Gasteiger charge is -2.29. The molecule has 2 aromatic rings. The summed E-state index contributed by atoms with van der Waals surface area (Å²) < 4.78 is 5.45. The molecule has 8 heteroatoms. The van der Waals surface area contributed by atoms with Gasteiger partial charge in [-0.3, -0.25) is 4.90 Å². The Kier molecular flexibility index (Phi) is 8.33. The van der Waals surface area contributed by atoms with Gasteiger partial charge >= 0.3 is 0 Å². The van der Waals surface area contributed by atoms with Gasteiger partial charge in [0.05, 0.1) is 25.4 Å². The van der Waals surface area contributed by atoms with E-state index in [1.807, 2.05) is 25.1 Å². The maximum Gasteiger partial charge on any atom is 0.191 e. The van der Waals surface area contributed by atoms with Crippen molar-refractivity contribution in [2.24, 2.45) is 4.99 Å². The third-order valence-electron chi connectivity index (χ3n) is 5.19. The van der Waals surface area contributed by atoms with Crippen LogP contribution in [0.3, 0.4) is 0 Å². The van der Waals surface area contributed by atoms with Gasteiger partial charge in [0, 0.05) is 32.6 Å². The van der Waals surface area contributed by atoms with E-state index in [1.165, 1.54) is 18.4 Å². The molecular weight excluding hydrogens is 396 g/mol. The largest absolute Gasteiger partial charge is 0.497 e. The van der Waals surface area contributed by atoms with E-state index >= 15 is 0 Å². The van der Waals surface area contributed by atoms with Crippen LogP contribution < -0.4 is 20.3 Å². The summed E-state index contributed by atoms with van der Waals surface area (Å²) in [6, 6.07) is 8.69. The molecule has 1 fully saturated rings. The number of benzene rings is 1. The highest BCUT2D eigenvalue weighted by atomic mass is 32.1. The van der Waals surface area contributed by atoms with E-state index in [2.05, 4.69) is 51.0 Å². The summed E-state index contributed by atoms with van der Waals surface area (Å²) in [5.74, 6) is 1.72. The molecule has 7 nitrogen and oxygen atoms in total. The molecule has 1 atom stereocenters. The van der Waals surface area contributed by atoms with Gasteiger partial charge in [0.25, 0.3) is 0 Å². The molecule has 1 aliphatic heterocycles. The number of aromatic nitrogens is 1. The Morgan fingerprint density at radius 3 is 2.77 bits per heavy atom. The summed E-state index contributed by atoms with van der Waals surface area (Å²) in [4.78, 5) is 14.0. The molecule has 0 bridgehead atoms. The zero-order valence-electron chi connectivity index (χ0n) is 18.5. The van der Waals surface area contributed by atoms with Crippen LogP contribution in [0.2, 0.25) is 0 Å². The fourth-order valence-corrected chi connectivity index (χ4v) is 4.38. The number of guanidine groups is 1. The number of nitrogens with one attached hydrogen (secondary N) is 2. The minimum Gasteiger partial charge on any atom is -0.497 e. The minimum absolute atomic E-state index is 0.283. The standard InChI is InChI=1S/C22H34N6OS/c1-5-23-21(24-14-18-16-30-22(26-18)27(2)3)25-15-20(28-11-6-7-12-28)17-9-8-10-19(13-17)29-4/h8-10,13,16,20H,5-7,11-12,14-15H2,1-4H3,(H2,23,24,25). The van der Waals surface area contributed by atoms with Crippen LogP contribution in [-0.2, 0) is 6.54 Å². The highest BCUT2D eigenvalue weighted by Gasteiger charge is 2.24. The summed E-state index contributed by atoms with van der Waals surface area (Å²) >= 11 is 1.64. The SMILES string of the molecule is CCNC(=NCc1csc(N(C)C)n1)NCC(c1cccc(OC)c1)N1CCCC1. The molecular formula is C22H34N6OS. The average molecular weight is 431 g/mol. The molecule has 1 aromatic carbocycles. The second-order valence-electron chi connectivity index (χ2n) is 7.63. The van der Waals surface area contributed by atoms with E-state index in [1.54, 1.807) is 18.4 Å². The number of methoxy groups -OCH3 is 1. The molecule has 0 saturated carbocycles. The van der Waals surface area contributed by atoms with Crippen molar-refractivity contribution in [2.45, 2.75) is 32.4 Å². The highest BCUT2D eigenvalue weighted by molar-refractivity contribution is 7.13. The van der Waals surface area contributed by atoms with Gasteiger partial charge in [-0.2, -0.15) is 0 Å². The lowest BCUT2D eigenvalue weighted by molar-refractivity contribution is 0.245. The van der Waals surface area contributed by atoms with Gasteiger partial charge in [-0.05, 0) is 50.6 Å². The molecule has 0 spiro atoms. The van der Waals surface area contributed by atoms with Crippen LogP contribution in [0.15, 0.2) is 34.6 Å². The number of anilines is 1. The summed E-state index contributed by atoms with van der Waals surface area (Å²) in [7, 11) is 5.74. The van der Waals surface area contributed by atoms with E-state index in [4.69, 9.17) is 9.73 Å². The maximum absolute atomic E-state index is 5.45. The summed E-state index contributed by atoms with van der Waals surface area (Å²) in [5.41, 5.74) is 2.26. The van der Waals surface area contributed by atoms with Crippen LogP contribution in [0.25, 0.3) is 0 Å². The summed E-state index contributed by atoms with van der Waals surface area (Å²) in [6.45, 7) is 6.52. The van der Waals surface area contributed by atoms with Crippen LogP contribution in [0.4, 0.5) is 5.13 Å². The number of aliphatic imine (C=N–C) groups is 1. The first kappa shape index (κ1) is 22.4. The molecule has 1 unspecified atom stereocenters. The molecule has 0 aliphatic carbocycles. The first-order valence-electron chi connectivity index (χ1n) is 10.6. The van der Waals surface area contributed by atoms with Gasteiger partial charge in [-0.25, -0.2) is 9.98 Å². The number of hydrogen-bond acceptors (Lipinski definition) is 6. The topological polar surface area (TPSA) is 65.0 Å². The monoisotopic (exact) mass is 430 g/mol. The zero-order chi connectivity index (χ0) is 21.3. The van der Waals surface area contributed by atoms with Gasteiger partial charge in [-0.1, -0.05) is 12.1 Å². The van der Waals surface area contributed by atoms with Crippen molar-refractivity contribution >= 4 is 22.4 Å². The molecule has 1 aromatic heterocycles. The van der Waals surface area contributed by atoms with E-state index < -0.39 is 0 Å². The van der Waals surface area contributed by atoms with Crippen molar-refractivity contribution in [3.8, 4) is 5.75 Å². The molecule has 3 rings (SSSR count). The third-order valence-corrected chi connectivity index (χ3v) is 6.25. The maximum atomic E-state index is 5.45. The Morgan fingerprint density at radius 2 is 2.10 bits per heavy atom. The molecule has 0 radical (unpaired) electrons. The molecule has 30 heavy (non-hydrogen) atoms. The fraction of sp³-hybridized carbons (Fsp3) is 0.545. The number of nitrogens with zero attached hydrogens (tertiary/aromatic N) is 4. The van der Waals surface area contributed by atoms with Crippen molar-refractivity contribution in [3.05, 3.63) is 40.9 Å². The Balaban J connectivity index is 1.69. The Bertz CT molecular complexity index is 815. The van der Waals surface area contributed by atoms with E-state index in [0.717, 1.165) is 48.7 Å². The number of thiazole rings is 1. The number of ether oxygens (including phenoxy) is 1. The minimum atomic E-state index is 0.283. The number of hydrogen-bond donors (Lipinski definition) is 2. The lowest BCUT2D eigenvalue weighted by atomic mass is 10.1.